The molecule has 1 saturated carbocycles. The topological polar surface area (TPSA) is 77.1 Å². The van der Waals surface area contributed by atoms with Crippen LogP contribution in [0.4, 0.5) is 5.69 Å². The fourth-order valence-corrected chi connectivity index (χ4v) is 9.20. The fraction of sp³-hybridized carbons (Fsp3) is 0.556. The third kappa shape index (κ3) is 6.80. The summed E-state index contributed by atoms with van der Waals surface area (Å²) in [4.78, 5) is 16.0. The minimum Gasteiger partial charge on any atom is -0.490 e. The first-order valence-corrected chi connectivity index (χ1v) is 18.5. The molecule has 2 aliphatic heterocycles. The number of rotatable bonds is 4. The van der Waals surface area contributed by atoms with Gasteiger partial charge in [-0.25, -0.2) is 4.21 Å². The number of aryl methyl sites for hydroxylation is 1. The Kier molecular flexibility index (Phi) is 9.58. The molecular formula is C36H47ClN2O5S. The van der Waals surface area contributed by atoms with Crippen molar-refractivity contribution >= 4 is 38.8 Å². The number of carbonyl (C=O) groups excluding carboxylic acids is 1. The smallest absolute Gasteiger partial charge is 0.262 e. The van der Waals surface area contributed by atoms with E-state index in [0.717, 1.165) is 61.7 Å². The fourth-order valence-electron chi connectivity index (χ4n) is 7.75. The number of carbonyl (C=O) groups is 1. The number of ether oxygens (including phenoxy) is 3. The van der Waals surface area contributed by atoms with Crippen LogP contribution in [0.3, 0.4) is 0 Å². The molecule has 1 amide bonds. The molecule has 0 saturated heterocycles. The third-order valence-corrected chi connectivity index (χ3v) is 12.8. The van der Waals surface area contributed by atoms with Crippen molar-refractivity contribution in [1.82, 2.24) is 4.72 Å². The molecule has 244 valence electrons. The lowest BCUT2D eigenvalue weighted by molar-refractivity contribution is -0.0310. The highest BCUT2D eigenvalue weighted by Gasteiger charge is 2.44. The zero-order chi connectivity index (χ0) is 31.8. The van der Waals surface area contributed by atoms with Crippen LogP contribution < -0.4 is 14.4 Å². The predicted octanol–water partition coefficient (Wildman–Crippen LogP) is 6.22. The van der Waals surface area contributed by atoms with Gasteiger partial charge in [0.2, 0.25) is 0 Å². The average molecular weight is 655 g/mol. The van der Waals surface area contributed by atoms with Crippen LogP contribution in [0.15, 0.2) is 48.6 Å². The number of nitrogens with one attached hydrogen (secondary N) is 1. The highest BCUT2D eigenvalue weighted by molar-refractivity contribution is 7.99. The molecular weight excluding hydrogens is 608 g/mol. The lowest BCUT2D eigenvalue weighted by Gasteiger charge is -2.46. The van der Waals surface area contributed by atoms with Crippen molar-refractivity contribution in [3.8, 4) is 5.75 Å². The zero-order valence-electron chi connectivity index (χ0n) is 26.8. The Balaban J connectivity index is 1.41. The second-order valence-corrected chi connectivity index (χ2v) is 16.6. The van der Waals surface area contributed by atoms with Gasteiger partial charge >= 0.3 is 0 Å². The van der Waals surface area contributed by atoms with Crippen LogP contribution >= 0.6 is 11.6 Å². The van der Waals surface area contributed by atoms with E-state index in [1.165, 1.54) is 11.1 Å². The number of halogens is 1. The summed E-state index contributed by atoms with van der Waals surface area (Å²) < 4.78 is 34.9. The molecule has 0 radical (unpaired) electrons. The Morgan fingerprint density at radius 2 is 2.00 bits per heavy atom. The zero-order valence-corrected chi connectivity index (χ0v) is 28.3. The van der Waals surface area contributed by atoms with Crippen molar-refractivity contribution in [3.63, 3.8) is 0 Å². The molecule has 7 nitrogen and oxygen atoms in total. The number of benzene rings is 2. The summed E-state index contributed by atoms with van der Waals surface area (Å²) in [5.41, 5.74) is 3.77. The van der Waals surface area contributed by atoms with Crippen molar-refractivity contribution in [1.29, 1.82) is 0 Å². The van der Waals surface area contributed by atoms with Gasteiger partial charge in [-0.05, 0) is 111 Å². The van der Waals surface area contributed by atoms with E-state index in [4.69, 9.17) is 25.8 Å². The van der Waals surface area contributed by atoms with Crippen LogP contribution in [0.5, 0.6) is 5.75 Å². The highest BCUT2D eigenvalue weighted by Crippen LogP contribution is 2.47. The van der Waals surface area contributed by atoms with E-state index in [0.29, 0.717) is 43.6 Å². The lowest BCUT2D eigenvalue weighted by Crippen LogP contribution is -2.49. The first-order valence-electron chi connectivity index (χ1n) is 16.4. The quantitative estimate of drug-likeness (QED) is 0.240. The Bertz CT molecular complexity index is 1540. The Hall–Kier alpha value is -2.52. The van der Waals surface area contributed by atoms with E-state index in [1.807, 2.05) is 25.1 Å². The predicted molar refractivity (Wildman–Crippen MR) is 183 cm³/mol. The monoisotopic (exact) mass is 654 g/mol. The van der Waals surface area contributed by atoms with E-state index in [-0.39, 0.29) is 28.6 Å². The number of hydrogen-bond acceptors (Lipinski definition) is 6. The second kappa shape index (κ2) is 13.3. The number of fused-ring (bicyclic) bond motifs is 4. The summed E-state index contributed by atoms with van der Waals surface area (Å²) in [7, 11) is -1.20. The number of nitrogens with zero attached hydrogens (tertiary/aromatic N) is 1. The first kappa shape index (κ1) is 32.4. The van der Waals surface area contributed by atoms with Gasteiger partial charge in [-0.15, -0.1) is 0 Å². The van der Waals surface area contributed by atoms with Crippen LogP contribution in [0.1, 0.15) is 67.4 Å². The Labute approximate surface area is 273 Å². The molecule has 4 aliphatic rings. The summed E-state index contributed by atoms with van der Waals surface area (Å²) in [6.45, 7) is 7.25. The van der Waals surface area contributed by atoms with E-state index in [1.54, 1.807) is 13.2 Å². The van der Waals surface area contributed by atoms with Gasteiger partial charge in [0.1, 0.15) is 5.75 Å². The van der Waals surface area contributed by atoms with Crippen molar-refractivity contribution in [3.05, 3.63) is 70.3 Å². The van der Waals surface area contributed by atoms with Crippen LogP contribution in [0.2, 0.25) is 5.02 Å². The third-order valence-electron chi connectivity index (χ3n) is 10.5. The molecule has 2 bridgehead atoms. The molecule has 1 spiro atoms. The maximum absolute atomic E-state index is 13.7. The van der Waals surface area contributed by atoms with Crippen molar-refractivity contribution < 1.29 is 23.2 Å². The highest BCUT2D eigenvalue weighted by atomic mass is 35.5. The minimum atomic E-state index is -2.90. The minimum absolute atomic E-state index is 0.0334. The number of allylic oxidation sites excluding steroid dienone is 1. The maximum atomic E-state index is 13.7. The first-order chi connectivity index (χ1) is 21.6. The van der Waals surface area contributed by atoms with Crippen LogP contribution in [-0.4, -0.2) is 67.4 Å². The van der Waals surface area contributed by atoms with Gasteiger partial charge in [0, 0.05) is 41.5 Å². The standard InChI is InChI=1S/C36H47ClN2O5S/c1-24-7-13-33(43-17-16-42-3)30-11-8-28(30)21-39-22-36(15-5-6-26-19-29(37)10-12-31(26)36)23-44-34-14-9-27(20-32(34)39)35(40)38-45(4,41)25(2)18-24/h7,9-10,12-14,19-20,24-25,28,30,33H,4-6,8,11,15-18,21-23H2,1-3H3,(H,38,40,41)/b13-7+/t24-,25+,28-,30+,33-,36-,45?/m0/s1. The summed E-state index contributed by atoms with van der Waals surface area (Å²) in [6, 6.07) is 11.9. The molecule has 1 fully saturated rings. The van der Waals surface area contributed by atoms with E-state index < -0.39 is 9.71 Å². The summed E-state index contributed by atoms with van der Waals surface area (Å²) in [5.74, 6) is 5.30. The molecule has 2 heterocycles. The van der Waals surface area contributed by atoms with Gasteiger partial charge in [0.05, 0.1) is 41.3 Å². The largest absolute Gasteiger partial charge is 0.490 e. The molecule has 2 aromatic carbocycles. The average Bonchev–Trinajstić information content (AvgIpc) is 3.14. The van der Waals surface area contributed by atoms with Crippen molar-refractivity contribution in [2.45, 2.75) is 69.1 Å². The number of anilines is 1. The van der Waals surface area contributed by atoms with E-state index in [9.17, 15) is 9.00 Å². The number of methoxy groups -OCH3 is 1. The normalized spacial score (nSPS) is 34.0. The van der Waals surface area contributed by atoms with Gasteiger partial charge in [0.25, 0.3) is 5.91 Å². The molecule has 0 aromatic heterocycles. The molecule has 2 aromatic rings. The van der Waals surface area contributed by atoms with Crippen LogP contribution in [-0.2, 0) is 31.0 Å². The molecule has 6 rings (SSSR count). The molecule has 9 heteroatoms. The van der Waals surface area contributed by atoms with Gasteiger partial charge in [-0.2, -0.15) is 0 Å². The van der Waals surface area contributed by atoms with Gasteiger partial charge < -0.3 is 19.1 Å². The van der Waals surface area contributed by atoms with Crippen molar-refractivity contribution in [2.24, 2.45) is 17.8 Å². The SMILES string of the molecule is C=S1(=O)NC(=O)c2ccc3c(c2)N(C[C@@H]2CC[C@H]2[C@@H](OCCOC)/C=C/[C@H](C)C[C@H]1C)C[C@@]1(CCCc2cc(Cl)ccc21)CO3. The van der Waals surface area contributed by atoms with Gasteiger partial charge in [-0.1, -0.05) is 36.7 Å². The van der Waals surface area contributed by atoms with Crippen molar-refractivity contribution in [2.75, 3.05) is 44.9 Å². The Morgan fingerprint density at radius 1 is 1.16 bits per heavy atom. The lowest BCUT2D eigenvalue weighted by atomic mass is 9.68. The Morgan fingerprint density at radius 3 is 2.78 bits per heavy atom. The molecule has 45 heavy (non-hydrogen) atoms. The van der Waals surface area contributed by atoms with Gasteiger partial charge in [0.15, 0.2) is 0 Å². The number of hydrogen-bond donors (Lipinski definition) is 1. The summed E-state index contributed by atoms with van der Waals surface area (Å²) in [6.07, 6.45) is 10.3. The number of amides is 1. The summed E-state index contributed by atoms with van der Waals surface area (Å²) >= 11 is 6.45. The van der Waals surface area contributed by atoms with Gasteiger partial charge in [-0.3, -0.25) is 9.52 Å². The van der Waals surface area contributed by atoms with Crippen LogP contribution in [0.25, 0.3) is 0 Å². The van der Waals surface area contributed by atoms with E-state index in [2.05, 4.69) is 46.7 Å². The van der Waals surface area contributed by atoms with Crippen LogP contribution in [0, 0.1) is 17.8 Å². The molecule has 2 aliphatic carbocycles. The molecule has 7 atom stereocenters. The second-order valence-electron chi connectivity index (χ2n) is 13.7. The molecule has 1 unspecified atom stereocenters. The maximum Gasteiger partial charge on any atom is 0.262 e. The molecule has 1 N–H and O–H groups in total. The summed E-state index contributed by atoms with van der Waals surface area (Å²) in [5, 5.41) is 0.457. The van der Waals surface area contributed by atoms with E-state index >= 15 is 0 Å².